The molecule has 0 aliphatic carbocycles. The lowest BCUT2D eigenvalue weighted by molar-refractivity contribution is 0.525. The molecule has 1 N–H and O–H groups in total. The smallest absolute Gasteiger partial charge is 0.121 e. The van der Waals surface area contributed by atoms with Crippen molar-refractivity contribution in [3.8, 4) is 0 Å². The Morgan fingerprint density at radius 2 is 2.00 bits per heavy atom. The molecule has 2 atom stereocenters. The molecule has 0 aromatic heterocycles. The van der Waals surface area contributed by atoms with Crippen LogP contribution in [0.5, 0.6) is 0 Å². The molecule has 54 valence electrons. The van der Waals surface area contributed by atoms with Crippen LogP contribution in [0, 0.1) is 5.92 Å². The Kier molecular flexibility index (Phi) is 4.88. The lowest BCUT2D eigenvalue weighted by atomic mass is 9.63. The highest BCUT2D eigenvalue weighted by atomic mass is 14.8. The normalized spacial score (nSPS) is 16.9. The summed E-state index contributed by atoms with van der Waals surface area (Å²) < 4.78 is 0. The molecule has 0 fully saturated rings. The van der Waals surface area contributed by atoms with Crippen LogP contribution in [0.3, 0.4) is 0 Å². The Morgan fingerprint density at radius 1 is 1.44 bits per heavy atom. The van der Waals surface area contributed by atoms with Crippen LogP contribution >= 0.6 is 0 Å². The quantitative estimate of drug-likeness (QED) is 0.558. The van der Waals surface area contributed by atoms with Crippen LogP contribution < -0.4 is 5.32 Å². The van der Waals surface area contributed by atoms with Crippen molar-refractivity contribution < 1.29 is 0 Å². The second-order valence-electron chi connectivity index (χ2n) is 2.92. The first-order valence-corrected chi connectivity index (χ1v) is 3.87. The molecular weight excluding hydrogens is 109 g/mol. The molecule has 0 saturated heterocycles. The molecular formula is C7H18BN. The van der Waals surface area contributed by atoms with E-state index in [0.717, 1.165) is 18.3 Å². The first-order valence-electron chi connectivity index (χ1n) is 3.87. The van der Waals surface area contributed by atoms with Gasteiger partial charge < -0.3 is 5.32 Å². The lowest BCUT2D eigenvalue weighted by Gasteiger charge is -2.16. The van der Waals surface area contributed by atoms with Crippen molar-refractivity contribution in [1.82, 2.24) is 5.32 Å². The second kappa shape index (κ2) is 4.86. The van der Waals surface area contributed by atoms with Gasteiger partial charge in [0.1, 0.15) is 7.28 Å². The largest absolute Gasteiger partial charge is 0.320 e. The van der Waals surface area contributed by atoms with Crippen molar-refractivity contribution in [2.45, 2.75) is 26.5 Å². The van der Waals surface area contributed by atoms with Crippen LogP contribution in [0.25, 0.3) is 0 Å². The van der Waals surface area contributed by atoms with Crippen LogP contribution in [0.15, 0.2) is 0 Å². The third kappa shape index (κ3) is 3.58. The topological polar surface area (TPSA) is 12.0 Å². The van der Waals surface area contributed by atoms with Gasteiger partial charge in [-0.3, -0.25) is 0 Å². The van der Waals surface area contributed by atoms with Gasteiger partial charge >= 0.3 is 0 Å². The Labute approximate surface area is 59.5 Å². The Balaban J connectivity index is 3.32. The zero-order valence-corrected chi connectivity index (χ0v) is 7.07. The van der Waals surface area contributed by atoms with E-state index in [-0.39, 0.29) is 0 Å². The maximum absolute atomic E-state index is 3.18. The summed E-state index contributed by atoms with van der Waals surface area (Å²) >= 11 is 0. The van der Waals surface area contributed by atoms with Gasteiger partial charge in [-0.1, -0.05) is 26.5 Å². The minimum atomic E-state index is 0.819. The predicted molar refractivity (Wildman–Crippen MR) is 45.5 cm³/mol. The molecule has 0 saturated carbocycles. The highest BCUT2D eigenvalue weighted by Crippen LogP contribution is 2.13. The van der Waals surface area contributed by atoms with E-state index >= 15 is 0 Å². The van der Waals surface area contributed by atoms with E-state index in [9.17, 15) is 0 Å². The fourth-order valence-electron chi connectivity index (χ4n) is 0.926. The summed E-state index contributed by atoms with van der Waals surface area (Å²) in [5.74, 6) is 1.68. The number of rotatable bonds is 4. The van der Waals surface area contributed by atoms with Crippen LogP contribution in [-0.2, 0) is 0 Å². The standard InChI is InChI=1S/C7H18BN/c1-6(5-9-4)7(2)8-3/h6-9H,5H2,1-4H3/t6?,7-/m1/s1. The Bertz CT molecular complexity index is 65.9. The maximum atomic E-state index is 3.18. The highest BCUT2D eigenvalue weighted by Gasteiger charge is 2.08. The molecule has 0 radical (unpaired) electrons. The van der Waals surface area contributed by atoms with Crippen molar-refractivity contribution in [1.29, 1.82) is 0 Å². The number of hydrogen-bond donors (Lipinski definition) is 1. The average molecular weight is 127 g/mol. The summed E-state index contributed by atoms with van der Waals surface area (Å²) in [4.78, 5) is 0. The molecule has 2 heteroatoms. The molecule has 1 unspecified atom stereocenters. The van der Waals surface area contributed by atoms with E-state index in [1.807, 2.05) is 7.05 Å². The minimum Gasteiger partial charge on any atom is -0.320 e. The molecule has 0 bridgehead atoms. The predicted octanol–water partition coefficient (Wildman–Crippen LogP) is 1.13. The average Bonchev–Trinajstić information content (AvgIpc) is 1.87. The summed E-state index contributed by atoms with van der Waals surface area (Å²) in [5, 5.41) is 3.18. The highest BCUT2D eigenvalue weighted by molar-refractivity contribution is 6.35. The van der Waals surface area contributed by atoms with Crippen molar-refractivity contribution in [3.63, 3.8) is 0 Å². The molecule has 0 aliphatic rings. The monoisotopic (exact) mass is 127 g/mol. The van der Waals surface area contributed by atoms with Gasteiger partial charge in [-0.05, 0) is 19.5 Å². The van der Waals surface area contributed by atoms with Gasteiger partial charge in [0.05, 0.1) is 0 Å². The molecule has 1 nitrogen and oxygen atoms in total. The van der Waals surface area contributed by atoms with Crippen LogP contribution in [0.4, 0.5) is 0 Å². The number of hydrogen-bond acceptors (Lipinski definition) is 1. The third-order valence-electron chi connectivity index (χ3n) is 2.14. The van der Waals surface area contributed by atoms with E-state index in [1.165, 1.54) is 7.28 Å². The Morgan fingerprint density at radius 3 is 2.33 bits per heavy atom. The Hall–Kier alpha value is 0.0249. The van der Waals surface area contributed by atoms with E-state index in [2.05, 4.69) is 26.0 Å². The molecule has 0 rings (SSSR count). The van der Waals surface area contributed by atoms with Gasteiger partial charge in [0.15, 0.2) is 0 Å². The van der Waals surface area contributed by atoms with Gasteiger partial charge in [-0.25, -0.2) is 0 Å². The first-order chi connectivity index (χ1) is 4.22. The molecule has 0 aromatic rings. The van der Waals surface area contributed by atoms with Crippen LogP contribution in [-0.4, -0.2) is 20.9 Å². The SMILES string of the molecule is CB[C@H](C)C(C)CNC. The van der Waals surface area contributed by atoms with Gasteiger partial charge in [0.2, 0.25) is 0 Å². The van der Waals surface area contributed by atoms with Crippen LogP contribution in [0.1, 0.15) is 13.8 Å². The molecule has 0 heterocycles. The zero-order valence-electron chi connectivity index (χ0n) is 7.07. The summed E-state index contributed by atoms with van der Waals surface area (Å²) in [6.07, 6.45) is 0. The van der Waals surface area contributed by atoms with E-state index in [0.29, 0.717) is 0 Å². The van der Waals surface area contributed by atoms with Crippen molar-refractivity contribution in [2.24, 2.45) is 5.92 Å². The zero-order chi connectivity index (χ0) is 7.28. The molecule has 9 heavy (non-hydrogen) atoms. The van der Waals surface area contributed by atoms with E-state index in [4.69, 9.17) is 0 Å². The van der Waals surface area contributed by atoms with Crippen molar-refractivity contribution in [3.05, 3.63) is 0 Å². The first kappa shape index (κ1) is 9.02. The van der Waals surface area contributed by atoms with E-state index in [1.54, 1.807) is 0 Å². The minimum absolute atomic E-state index is 0.819. The third-order valence-corrected chi connectivity index (χ3v) is 2.14. The van der Waals surface area contributed by atoms with Crippen molar-refractivity contribution in [2.75, 3.05) is 13.6 Å². The fraction of sp³-hybridized carbons (Fsp3) is 1.00. The van der Waals surface area contributed by atoms with Gasteiger partial charge in [0.25, 0.3) is 0 Å². The summed E-state index contributed by atoms with van der Waals surface area (Å²) in [5.41, 5.74) is 0. The van der Waals surface area contributed by atoms with Gasteiger partial charge in [-0.2, -0.15) is 0 Å². The van der Waals surface area contributed by atoms with Crippen LogP contribution in [0.2, 0.25) is 12.6 Å². The maximum Gasteiger partial charge on any atom is 0.121 e. The van der Waals surface area contributed by atoms with E-state index < -0.39 is 0 Å². The molecule has 0 spiro atoms. The number of nitrogens with one attached hydrogen (secondary N) is 1. The van der Waals surface area contributed by atoms with Gasteiger partial charge in [0, 0.05) is 0 Å². The molecule has 0 aliphatic heterocycles. The summed E-state index contributed by atoms with van der Waals surface area (Å²) in [7, 11) is 3.31. The van der Waals surface area contributed by atoms with Crippen molar-refractivity contribution >= 4 is 7.28 Å². The summed E-state index contributed by atoms with van der Waals surface area (Å²) in [6.45, 7) is 8.00. The molecule has 0 aromatic carbocycles. The molecule has 0 amide bonds. The summed E-state index contributed by atoms with van der Waals surface area (Å²) in [6, 6.07) is 0. The second-order valence-corrected chi connectivity index (χ2v) is 2.92. The van der Waals surface area contributed by atoms with Gasteiger partial charge in [-0.15, -0.1) is 0 Å². The lowest BCUT2D eigenvalue weighted by Crippen LogP contribution is -2.20. The fourth-order valence-corrected chi connectivity index (χ4v) is 0.926.